The third-order valence-electron chi connectivity index (χ3n) is 2.85. The van der Waals surface area contributed by atoms with Gasteiger partial charge in [0.15, 0.2) is 0 Å². The van der Waals surface area contributed by atoms with Crippen molar-refractivity contribution in [3.63, 3.8) is 0 Å². The van der Waals surface area contributed by atoms with Crippen LogP contribution in [0.25, 0.3) is 0 Å². The lowest BCUT2D eigenvalue weighted by atomic mass is 10.1. The molecule has 1 atom stereocenters. The molecule has 1 aromatic heterocycles. The molecule has 1 unspecified atom stereocenters. The summed E-state index contributed by atoms with van der Waals surface area (Å²) >= 11 is 0. The number of carbonyl (C=O) groups is 2. The average molecular weight is 270 g/mol. The number of furan rings is 1. The molecule has 0 bridgehead atoms. The van der Waals surface area contributed by atoms with Gasteiger partial charge in [-0.05, 0) is 37.6 Å². The molecule has 106 valence electrons. The number of hydrogen-bond acceptors (Lipinski definition) is 5. The highest BCUT2D eigenvalue weighted by molar-refractivity contribution is 6.27. The van der Waals surface area contributed by atoms with Crippen LogP contribution in [0.3, 0.4) is 0 Å². The van der Waals surface area contributed by atoms with Crippen LogP contribution in [0.5, 0.6) is 0 Å². The molecule has 0 aromatic carbocycles. The van der Waals surface area contributed by atoms with E-state index in [-0.39, 0.29) is 0 Å². The van der Waals surface area contributed by atoms with E-state index in [0.717, 1.165) is 31.9 Å². The first-order valence-corrected chi connectivity index (χ1v) is 5.94. The van der Waals surface area contributed by atoms with E-state index in [1.54, 1.807) is 6.26 Å². The van der Waals surface area contributed by atoms with Crippen LogP contribution in [0.1, 0.15) is 12.2 Å². The van der Waals surface area contributed by atoms with Gasteiger partial charge in [-0.1, -0.05) is 0 Å². The lowest BCUT2D eigenvalue weighted by Crippen LogP contribution is -2.22. The van der Waals surface area contributed by atoms with Crippen molar-refractivity contribution < 1.29 is 24.2 Å². The van der Waals surface area contributed by atoms with Crippen LogP contribution in [-0.4, -0.2) is 46.7 Å². The Kier molecular flexibility index (Phi) is 6.04. The molecule has 0 aliphatic carbocycles. The number of nitrogens with zero attached hydrogens (tertiary/aromatic N) is 1. The predicted octanol–water partition coefficient (Wildman–Crippen LogP) is 0.216. The van der Waals surface area contributed by atoms with Crippen LogP contribution < -0.4 is 5.73 Å². The summed E-state index contributed by atoms with van der Waals surface area (Å²) in [6.45, 7) is 4.03. The lowest BCUT2D eigenvalue weighted by molar-refractivity contribution is -0.159. The molecular formula is C12H18N2O5. The highest BCUT2D eigenvalue weighted by Gasteiger charge is 2.21. The Morgan fingerprint density at radius 3 is 2.53 bits per heavy atom. The summed E-state index contributed by atoms with van der Waals surface area (Å²) in [5.41, 5.74) is 5.62. The van der Waals surface area contributed by atoms with E-state index < -0.39 is 11.9 Å². The van der Waals surface area contributed by atoms with E-state index in [4.69, 9.17) is 30.0 Å². The maximum Gasteiger partial charge on any atom is 0.414 e. The van der Waals surface area contributed by atoms with Crippen molar-refractivity contribution >= 4 is 11.9 Å². The molecule has 7 nitrogen and oxygen atoms in total. The monoisotopic (exact) mass is 270 g/mol. The van der Waals surface area contributed by atoms with E-state index in [1.807, 2.05) is 12.1 Å². The van der Waals surface area contributed by atoms with Gasteiger partial charge in [-0.25, -0.2) is 9.59 Å². The molecule has 2 heterocycles. The first kappa shape index (κ1) is 15.2. The second-order valence-corrected chi connectivity index (χ2v) is 4.32. The number of hydrogen-bond donors (Lipinski definition) is 3. The third-order valence-corrected chi connectivity index (χ3v) is 2.85. The number of carboxylic acid groups (broad SMARTS) is 2. The number of carboxylic acids is 2. The number of rotatable bonds is 3. The molecule has 2 rings (SSSR count). The topological polar surface area (TPSA) is 117 Å². The normalized spacial score (nSPS) is 18.7. The van der Waals surface area contributed by atoms with Crippen molar-refractivity contribution in [3.05, 3.63) is 24.2 Å². The fourth-order valence-corrected chi connectivity index (χ4v) is 1.87. The molecular weight excluding hydrogens is 252 g/mol. The zero-order chi connectivity index (χ0) is 14.3. The Morgan fingerprint density at radius 1 is 1.42 bits per heavy atom. The standard InChI is InChI=1S/C10H16N2O.C2H2O4/c11-6-9-3-4-12(7-9)8-10-2-1-5-13-10;3-1(4)2(5)6/h1-2,5,9H,3-4,6-8,11H2;(H,3,4)(H,5,6). The summed E-state index contributed by atoms with van der Waals surface area (Å²) in [5.74, 6) is -1.90. The van der Waals surface area contributed by atoms with Crippen molar-refractivity contribution in [1.29, 1.82) is 0 Å². The molecule has 7 heteroatoms. The van der Waals surface area contributed by atoms with E-state index in [2.05, 4.69) is 4.90 Å². The third kappa shape index (κ3) is 5.54. The zero-order valence-electron chi connectivity index (χ0n) is 10.5. The molecule has 4 N–H and O–H groups in total. The highest BCUT2D eigenvalue weighted by atomic mass is 16.4. The number of likely N-dealkylation sites (tertiary alicyclic amines) is 1. The fourth-order valence-electron chi connectivity index (χ4n) is 1.87. The summed E-state index contributed by atoms with van der Waals surface area (Å²) in [7, 11) is 0. The summed E-state index contributed by atoms with van der Waals surface area (Å²) < 4.78 is 5.29. The van der Waals surface area contributed by atoms with Gasteiger partial charge in [0.05, 0.1) is 12.8 Å². The van der Waals surface area contributed by atoms with Gasteiger partial charge in [-0.15, -0.1) is 0 Å². The maximum atomic E-state index is 9.10. The van der Waals surface area contributed by atoms with Crippen LogP contribution in [0, 0.1) is 5.92 Å². The minimum Gasteiger partial charge on any atom is -0.473 e. The molecule has 0 spiro atoms. The van der Waals surface area contributed by atoms with Gasteiger partial charge in [-0.2, -0.15) is 0 Å². The van der Waals surface area contributed by atoms with Crippen molar-refractivity contribution in [1.82, 2.24) is 4.90 Å². The predicted molar refractivity (Wildman–Crippen MR) is 66.4 cm³/mol. The van der Waals surface area contributed by atoms with Crippen molar-refractivity contribution in [2.45, 2.75) is 13.0 Å². The van der Waals surface area contributed by atoms with Crippen LogP contribution in [0.15, 0.2) is 22.8 Å². The smallest absolute Gasteiger partial charge is 0.414 e. The van der Waals surface area contributed by atoms with E-state index in [0.29, 0.717) is 5.92 Å². The van der Waals surface area contributed by atoms with Crippen LogP contribution in [-0.2, 0) is 16.1 Å². The van der Waals surface area contributed by atoms with Crippen LogP contribution in [0.4, 0.5) is 0 Å². The highest BCUT2D eigenvalue weighted by Crippen LogP contribution is 2.17. The van der Waals surface area contributed by atoms with Gasteiger partial charge in [-0.3, -0.25) is 4.90 Å². The summed E-state index contributed by atoms with van der Waals surface area (Å²) in [6.07, 6.45) is 2.96. The molecule has 1 fully saturated rings. The van der Waals surface area contributed by atoms with Crippen LogP contribution >= 0.6 is 0 Å². The minimum atomic E-state index is -1.82. The lowest BCUT2D eigenvalue weighted by Gasteiger charge is -2.13. The quantitative estimate of drug-likeness (QED) is 0.672. The molecule has 1 saturated heterocycles. The molecule has 1 aliphatic heterocycles. The number of nitrogens with two attached hydrogens (primary N) is 1. The van der Waals surface area contributed by atoms with Gasteiger partial charge < -0.3 is 20.4 Å². The molecule has 1 aromatic rings. The summed E-state index contributed by atoms with van der Waals surface area (Å²) in [5, 5.41) is 14.8. The molecule has 1 aliphatic rings. The van der Waals surface area contributed by atoms with Gasteiger partial charge in [0.25, 0.3) is 0 Å². The van der Waals surface area contributed by atoms with E-state index >= 15 is 0 Å². The average Bonchev–Trinajstić information content (AvgIpc) is 3.01. The maximum absolute atomic E-state index is 9.10. The number of aliphatic carboxylic acids is 2. The first-order valence-electron chi connectivity index (χ1n) is 5.94. The molecule has 19 heavy (non-hydrogen) atoms. The molecule has 0 radical (unpaired) electrons. The van der Waals surface area contributed by atoms with Gasteiger partial charge in [0, 0.05) is 6.54 Å². The minimum absolute atomic E-state index is 0.690. The first-order chi connectivity index (χ1) is 9.02. The van der Waals surface area contributed by atoms with Gasteiger partial charge in [0.1, 0.15) is 5.76 Å². The zero-order valence-corrected chi connectivity index (χ0v) is 10.5. The second kappa shape index (κ2) is 7.55. The van der Waals surface area contributed by atoms with Gasteiger partial charge >= 0.3 is 11.9 Å². The summed E-state index contributed by atoms with van der Waals surface area (Å²) in [6, 6.07) is 3.96. The van der Waals surface area contributed by atoms with E-state index in [1.165, 1.54) is 6.42 Å². The largest absolute Gasteiger partial charge is 0.473 e. The van der Waals surface area contributed by atoms with Crippen molar-refractivity contribution in [3.8, 4) is 0 Å². The second-order valence-electron chi connectivity index (χ2n) is 4.32. The Hall–Kier alpha value is -1.86. The van der Waals surface area contributed by atoms with Crippen molar-refractivity contribution in [2.75, 3.05) is 19.6 Å². The Morgan fingerprint density at radius 2 is 2.11 bits per heavy atom. The van der Waals surface area contributed by atoms with Crippen molar-refractivity contribution in [2.24, 2.45) is 11.7 Å². The van der Waals surface area contributed by atoms with Gasteiger partial charge in [0.2, 0.25) is 0 Å². The Labute approximate surface area is 110 Å². The summed E-state index contributed by atoms with van der Waals surface area (Å²) in [4.78, 5) is 20.6. The fraction of sp³-hybridized carbons (Fsp3) is 0.500. The van der Waals surface area contributed by atoms with Crippen LogP contribution in [0.2, 0.25) is 0 Å². The molecule has 0 saturated carbocycles. The van der Waals surface area contributed by atoms with E-state index in [9.17, 15) is 0 Å². The Bertz CT molecular complexity index is 392. The molecule has 0 amide bonds. The SMILES string of the molecule is NCC1CCN(Cc2ccco2)C1.O=C(O)C(=O)O. The Balaban J connectivity index is 0.000000258.